The minimum atomic E-state index is -1.00. The number of hydrogen-bond acceptors (Lipinski definition) is 5. The van der Waals surface area contributed by atoms with Crippen LogP contribution in [0.15, 0.2) is 22.7 Å². The van der Waals surface area contributed by atoms with E-state index in [1.165, 1.54) is 9.88 Å². The monoisotopic (exact) mass is 308 g/mol. The topological polar surface area (TPSA) is 58.3 Å². The fraction of sp³-hybridized carbons (Fsp3) is 0.562. The van der Waals surface area contributed by atoms with Crippen LogP contribution in [0.4, 0.5) is 0 Å². The number of furan rings is 1. The molecule has 0 amide bonds. The van der Waals surface area contributed by atoms with Crippen molar-refractivity contribution < 1.29 is 9.52 Å². The van der Waals surface area contributed by atoms with Crippen LogP contribution in [0.5, 0.6) is 0 Å². The average molecular weight is 308 g/mol. The van der Waals surface area contributed by atoms with Crippen molar-refractivity contribution in [3.8, 4) is 0 Å². The van der Waals surface area contributed by atoms with Gasteiger partial charge in [0.25, 0.3) is 0 Å². The quantitative estimate of drug-likeness (QED) is 0.824. The fourth-order valence-corrected chi connectivity index (χ4v) is 3.22. The van der Waals surface area contributed by atoms with E-state index in [1.54, 1.807) is 18.3 Å². The number of aromatic nitrogens is 1. The van der Waals surface area contributed by atoms with Gasteiger partial charge in [-0.3, -0.25) is 0 Å². The predicted molar refractivity (Wildman–Crippen MR) is 85.4 cm³/mol. The van der Waals surface area contributed by atoms with Gasteiger partial charge in [0.15, 0.2) is 0 Å². The van der Waals surface area contributed by atoms with Gasteiger partial charge in [-0.1, -0.05) is 13.8 Å². The molecule has 0 aliphatic carbocycles. The number of nitrogens with one attached hydrogen (secondary N) is 1. The Balaban J connectivity index is 1.84. The van der Waals surface area contributed by atoms with Gasteiger partial charge in [0.1, 0.15) is 17.1 Å². The van der Waals surface area contributed by atoms with Crippen molar-refractivity contribution in [2.24, 2.45) is 5.92 Å². The largest absolute Gasteiger partial charge is 0.463 e. The molecular weight excluding hydrogens is 284 g/mol. The number of aryl methyl sites for hydroxylation is 1. The fourth-order valence-electron chi connectivity index (χ4n) is 2.11. The number of aliphatic hydroxyl groups is 1. The molecule has 0 aliphatic heterocycles. The number of hydrogen-bond donors (Lipinski definition) is 2. The van der Waals surface area contributed by atoms with Crippen LogP contribution in [0.3, 0.4) is 0 Å². The molecule has 0 aliphatic rings. The van der Waals surface area contributed by atoms with Gasteiger partial charge in [0, 0.05) is 30.6 Å². The number of rotatable bonds is 7. The van der Waals surface area contributed by atoms with Crippen LogP contribution in [-0.4, -0.2) is 16.6 Å². The summed E-state index contributed by atoms with van der Waals surface area (Å²) in [6, 6.07) is 3.69. The Kier molecular flexibility index (Phi) is 5.19. The maximum absolute atomic E-state index is 10.4. The van der Waals surface area contributed by atoms with Crippen molar-refractivity contribution in [1.82, 2.24) is 10.3 Å². The molecule has 2 N–H and O–H groups in total. The molecule has 2 aromatic heterocycles. The predicted octanol–water partition coefficient (Wildman–Crippen LogP) is 3.24. The molecule has 0 radical (unpaired) electrons. The lowest BCUT2D eigenvalue weighted by Gasteiger charge is -2.21. The van der Waals surface area contributed by atoms with E-state index >= 15 is 0 Å². The number of nitrogens with zero attached hydrogens (tertiary/aromatic N) is 1. The Bertz CT molecular complexity index is 572. The van der Waals surface area contributed by atoms with Crippen molar-refractivity contribution in [1.29, 1.82) is 0 Å². The van der Waals surface area contributed by atoms with Gasteiger partial charge in [-0.15, -0.1) is 11.3 Å². The lowest BCUT2D eigenvalue weighted by molar-refractivity contribution is 0.0333. The first-order chi connectivity index (χ1) is 9.87. The molecule has 0 saturated heterocycles. The normalized spacial score (nSPS) is 14.6. The van der Waals surface area contributed by atoms with Gasteiger partial charge in [0.2, 0.25) is 0 Å². The standard InChI is InChI=1S/C16H24N2O2S/c1-11(2)7-15-18-9-13(21-15)8-17-10-16(4,19)14-6-5-12(3)20-14/h5-6,9,11,17,19H,7-8,10H2,1-4H3. The molecule has 0 fully saturated rings. The van der Waals surface area contributed by atoms with Gasteiger partial charge in [-0.25, -0.2) is 4.98 Å². The highest BCUT2D eigenvalue weighted by Crippen LogP contribution is 2.22. The average Bonchev–Trinajstić information content (AvgIpc) is 2.98. The summed E-state index contributed by atoms with van der Waals surface area (Å²) in [5.41, 5.74) is -1.00. The van der Waals surface area contributed by atoms with Crippen molar-refractivity contribution in [3.63, 3.8) is 0 Å². The highest BCUT2D eigenvalue weighted by molar-refractivity contribution is 7.11. The Morgan fingerprint density at radius 1 is 1.43 bits per heavy atom. The van der Waals surface area contributed by atoms with Crippen LogP contribution in [0, 0.1) is 12.8 Å². The molecule has 2 heterocycles. The SMILES string of the molecule is Cc1ccc(C(C)(O)CNCc2cnc(CC(C)C)s2)o1. The highest BCUT2D eigenvalue weighted by Gasteiger charge is 2.26. The summed E-state index contributed by atoms with van der Waals surface area (Å²) in [5, 5.41) is 14.9. The third kappa shape index (κ3) is 4.66. The zero-order valence-corrected chi connectivity index (χ0v) is 14.0. The van der Waals surface area contributed by atoms with E-state index in [1.807, 2.05) is 25.3 Å². The van der Waals surface area contributed by atoms with Crippen LogP contribution in [-0.2, 0) is 18.6 Å². The minimum Gasteiger partial charge on any atom is -0.463 e. The molecule has 2 aromatic rings. The molecule has 4 nitrogen and oxygen atoms in total. The molecule has 1 atom stereocenters. The maximum atomic E-state index is 10.4. The zero-order valence-electron chi connectivity index (χ0n) is 13.1. The second kappa shape index (κ2) is 6.73. The van der Waals surface area contributed by atoms with Crippen LogP contribution >= 0.6 is 11.3 Å². The Hall–Kier alpha value is -1.17. The number of thiazole rings is 1. The van der Waals surface area contributed by atoms with E-state index in [4.69, 9.17) is 4.42 Å². The molecule has 116 valence electrons. The van der Waals surface area contributed by atoms with Gasteiger partial charge in [0.05, 0.1) is 5.01 Å². The van der Waals surface area contributed by atoms with Crippen molar-refractivity contribution >= 4 is 11.3 Å². The highest BCUT2D eigenvalue weighted by atomic mass is 32.1. The second-order valence-electron chi connectivity index (χ2n) is 6.11. The molecule has 0 spiro atoms. The summed E-state index contributed by atoms with van der Waals surface area (Å²) in [7, 11) is 0. The van der Waals surface area contributed by atoms with Crippen LogP contribution in [0.2, 0.25) is 0 Å². The third-order valence-corrected chi connectivity index (χ3v) is 4.24. The summed E-state index contributed by atoms with van der Waals surface area (Å²) in [4.78, 5) is 5.62. The van der Waals surface area contributed by atoms with E-state index in [2.05, 4.69) is 24.1 Å². The molecule has 1 unspecified atom stereocenters. The zero-order chi connectivity index (χ0) is 15.5. The Labute approximate surface area is 130 Å². The van der Waals surface area contributed by atoms with Gasteiger partial charge >= 0.3 is 0 Å². The Morgan fingerprint density at radius 3 is 2.81 bits per heavy atom. The lowest BCUT2D eigenvalue weighted by Crippen LogP contribution is -2.34. The second-order valence-corrected chi connectivity index (χ2v) is 7.31. The first-order valence-corrected chi connectivity index (χ1v) is 8.12. The molecule has 0 bridgehead atoms. The van der Waals surface area contributed by atoms with E-state index in [-0.39, 0.29) is 0 Å². The third-order valence-electron chi connectivity index (χ3n) is 3.22. The smallest absolute Gasteiger partial charge is 0.136 e. The van der Waals surface area contributed by atoms with E-state index in [9.17, 15) is 5.11 Å². The summed E-state index contributed by atoms with van der Waals surface area (Å²) in [6.07, 6.45) is 2.94. The summed E-state index contributed by atoms with van der Waals surface area (Å²) < 4.78 is 5.50. The van der Waals surface area contributed by atoms with Crippen molar-refractivity contribution in [3.05, 3.63) is 39.7 Å². The maximum Gasteiger partial charge on any atom is 0.136 e. The first kappa shape index (κ1) is 16.2. The van der Waals surface area contributed by atoms with Crippen LogP contribution in [0.1, 0.15) is 42.2 Å². The minimum absolute atomic E-state index is 0.442. The molecule has 2 rings (SSSR count). The van der Waals surface area contributed by atoms with Crippen molar-refractivity contribution in [2.45, 2.75) is 46.3 Å². The van der Waals surface area contributed by atoms with Gasteiger partial charge in [-0.2, -0.15) is 0 Å². The molecule has 0 saturated carbocycles. The molecule has 21 heavy (non-hydrogen) atoms. The molecular formula is C16H24N2O2S. The summed E-state index contributed by atoms with van der Waals surface area (Å²) in [6.45, 7) is 9.18. The van der Waals surface area contributed by atoms with Crippen LogP contribution in [0.25, 0.3) is 0 Å². The van der Waals surface area contributed by atoms with Gasteiger partial charge < -0.3 is 14.8 Å². The van der Waals surface area contributed by atoms with Crippen molar-refractivity contribution in [2.75, 3.05) is 6.54 Å². The summed E-state index contributed by atoms with van der Waals surface area (Å²) >= 11 is 1.73. The summed E-state index contributed by atoms with van der Waals surface area (Å²) in [5.74, 6) is 2.03. The van der Waals surface area contributed by atoms with Gasteiger partial charge in [-0.05, 0) is 31.9 Å². The van der Waals surface area contributed by atoms with E-state index in [0.717, 1.165) is 12.2 Å². The van der Waals surface area contributed by atoms with Crippen LogP contribution < -0.4 is 5.32 Å². The first-order valence-electron chi connectivity index (χ1n) is 7.30. The molecule has 0 aromatic carbocycles. The van der Waals surface area contributed by atoms with E-state index < -0.39 is 5.60 Å². The van der Waals surface area contributed by atoms with E-state index in [0.29, 0.717) is 24.8 Å². The molecule has 5 heteroatoms. The lowest BCUT2D eigenvalue weighted by atomic mass is 10.0. The Morgan fingerprint density at radius 2 is 2.19 bits per heavy atom.